The summed E-state index contributed by atoms with van der Waals surface area (Å²) in [4.78, 5) is 14.2. The number of hydrogen-bond donors (Lipinski definition) is 1. The van der Waals surface area contributed by atoms with Crippen LogP contribution in [0.3, 0.4) is 0 Å². The first kappa shape index (κ1) is 14.1. The summed E-state index contributed by atoms with van der Waals surface area (Å²) in [5, 5.41) is 3.80. The number of benzene rings is 1. The van der Waals surface area contributed by atoms with E-state index in [1.807, 2.05) is 46.0 Å². The zero-order valence-corrected chi connectivity index (χ0v) is 12.7. The summed E-state index contributed by atoms with van der Waals surface area (Å²) in [5.74, 6) is 1.08. The second kappa shape index (κ2) is 5.87. The maximum absolute atomic E-state index is 12.4. The summed E-state index contributed by atoms with van der Waals surface area (Å²) in [5.41, 5.74) is 8.15. The van der Waals surface area contributed by atoms with Crippen molar-refractivity contribution in [2.75, 3.05) is 20.2 Å². The molecular formula is C16H18N2O2S. The van der Waals surface area contributed by atoms with Gasteiger partial charge < -0.3 is 15.4 Å². The van der Waals surface area contributed by atoms with Gasteiger partial charge in [-0.25, -0.2) is 0 Å². The molecule has 0 saturated carbocycles. The Balaban J connectivity index is 1.75. The Labute approximate surface area is 128 Å². The first-order chi connectivity index (χ1) is 10.2. The number of carbonyl (C=O) groups is 1. The van der Waals surface area contributed by atoms with Crippen LogP contribution in [0.25, 0.3) is 0 Å². The lowest BCUT2D eigenvalue weighted by Crippen LogP contribution is -2.31. The standard InChI is InChI=1S/C16H18N2O2S/c1-20-13-4-2-11(3-5-13)14-8-18(9-15(14)17)16(19)12-6-7-21-10-12/h2-7,10,14-15H,8-9,17H2,1H3. The molecule has 1 amide bonds. The Morgan fingerprint density at radius 2 is 2.05 bits per heavy atom. The molecule has 3 rings (SSSR count). The Hall–Kier alpha value is -1.85. The van der Waals surface area contributed by atoms with Crippen LogP contribution in [0.1, 0.15) is 21.8 Å². The smallest absolute Gasteiger partial charge is 0.254 e. The van der Waals surface area contributed by atoms with Gasteiger partial charge in [0, 0.05) is 30.4 Å². The molecule has 2 unspecified atom stereocenters. The van der Waals surface area contributed by atoms with Gasteiger partial charge in [-0.2, -0.15) is 11.3 Å². The third-order valence-electron chi connectivity index (χ3n) is 3.96. The highest BCUT2D eigenvalue weighted by Crippen LogP contribution is 2.29. The van der Waals surface area contributed by atoms with E-state index in [0.717, 1.165) is 16.9 Å². The van der Waals surface area contributed by atoms with Gasteiger partial charge in [0.1, 0.15) is 5.75 Å². The normalized spacial score (nSPS) is 21.5. The Morgan fingerprint density at radius 3 is 2.67 bits per heavy atom. The number of rotatable bonds is 3. The molecule has 1 aliphatic heterocycles. The van der Waals surface area contributed by atoms with Gasteiger partial charge in [-0.3, -0.25) is 4.79 Å². The fraction of sp³-hybridized carbons (Fsp3) is 0.312. The van der Waals surface area contributed by atoms with Gasteiger partial charge in [-0.05, 0) is 29.1 Å². The second-order valence-corrected chi connectivity index (χ2v) is 6.05. The molecule has 0 aliphatic carbocycles. The quantitative estimate of drug-likeness (QED) is 0.946. The monoisotopic (exact) mass is 302 g/mol. The highest BCUT2D eigenvalue weighted by molar-refractivity contribution is 7.08. The Bertz CT molecular complexity index is 610. The molecule has 4 nitrogen and oxygen atoms in total. The average Bonchev–Trinajstić information content (AvgIpc) is 3.16. The van der Waals surface area contributed by atoms with Crippen molar-refractivity contribution < 1.29 is 9.53 Å². The summed E-state index contributed by atoms with van der Waals surface area (Å²) >= 11 is 1.54. The maximum atomic E-state index is 12.4. The van der Waals surface area contributed by atoms with Crippen molar-refractivity contribution in [1.29, 1.82) is 0 Å². The van der Waals surface area contributed by atoms with Crippen molar-refractivity contribution >= 4 is 17.2 Å². The van der Waals surface area contributed by atoms with E-state index in [0.29, 0.717) is 13.1 Å². The first-order valence-electron chi connectivity index (χ1n) is 6.90. The van der Waals surface area contributed by atoms with Gasteiger partial charge in [-0.1, -0.05) is 12.1 Å². The molecule has 1 fully saturated rings. The minimum absolute atomic E-state index is 0.0269. The van der Waals surface area contributed by atoms with Gasteiger partial charge in [0.15, 0.2) is 0 Å². The van der Waals surface area contributed by atoms with Crippen molar-refractivity contribution in [2.24, 2.45) is 5.73 Å². The van der Waals surface area contributed by atoms with Crippen LogP contribution in [0.5, 0.6) is 5.75 Å². The molecule has 0 radical (unpaired) electrons. The number of hydrogen-bond acceptors (Lipinski definition) is 4. The maximum Gasteiger partial charge on any atom is 0.254 e. The molecule has 1 aliphatic rings. The summed E-state index contributed by atoms with van der Waals surface area (Å²) in [6, 6.07) is 9.76. The summed E-state index contributed by atoms with van der Waals surface area (Å²) in [6.07, 6.45) is 0. The van der Waals surface area contributed by atoms with Crippen molar-refractivity contribution in [3.05, 3.63) is 52.2 Å². The van der Waals surface area contributed by atoms with Crippen molar-refractivity contribution in [2.45, 2.75) is 12.0 Å². The molecule has 1 aromatic heterocycles. The number of likely N-dealkylation sites (tertiary alicyclic amines) is 1. The number of methoxy groups -OCH3 is 1. The lowest BCUT2D eigenvalue weighted by Gasteiger charge is -2.16. The van der Waals surface area contributed by atoms with Crippen LogP contribution in [0.15, 0.2) is 41.1 Å². The highest BCUT2D eigenvalue weighted by atomic mass is 32.1. The number of ether oxygens (including phenoxy) is 1. The van der Waals surface area contributed by atoms with Gasteiger partial charge in [0.05, 0.1) is 12.7 Å². The van der Waals surface area contributed by atoms with E-state index in [1.165, 1.54) is 11.3 Å². The number of nitrogens with two attached hydrogens (primary N) is 1. The van der Waals surface area contributed by atoms with E-state index in [1.54, 1.807) is 7.11 Å². The molecule has 0 spiro atoms. The molecule has 0 bridgehead atoms. The van der Waals surface area contributed by atoms with E-state index < -0.39 is 0 Å². The number of thiophene rings is 1. The van der Waals surface area contributed by atoms with E-state index in [9.17, 15) is 4.79 Å². The fourth-order valence-electron chi connectivity index (χ4n) is 2.77. The topological polar surface area (TPSA) is 55.6 Å². The summed E-state index contributed by atoms with van der Waals surface area (Å²) < 4.78 is 5.17. The number of carbonyl (C=O) groups excluding carboxylic acids is 1. The minimum atomic E-state index is -0.0269. The van der Waals surface area contributed by atoms with Crippen LogP contribution in [-0.2, 0) is 0 Å². The first-order valence-corrected chi connectivity index (χ1v) is 7.84. The summed E-state index contributed by atoms with van der Waals surface area (Å²) in [6.45, 7) is 1.27. The SMILES string of the molecule is COc1ccc(C2CN(C(=O)c3ccsc3)CC2N)cc1. The van der Waals surface area contributed by atoms with Crippen LogP contribution in [0.4, 0.5) is 0 Å². The molecule has 110 valence electrons. The largest absolute Gasteiger partial charge is 0.497 e. The Morgan fingerprint density at radius 1 is 1.29 bits per heavy atom. The van der Waals surface area contributed by atoms with Gasteiger partial charge in [0.25, 0.3) is 5.91 Å². The van der Waals surface area contributed by atoms with Crippen molar-refractivity contribution in [1.82, 2.24) is 4.90 Å². The van der Waals surface area contributed by atoms with Crippen molar-refractivity contribution in [3.63, 3.8) is 0 Å². The summed E-state index contributed by atoms with van der Waals surface area (Å²) in [7, 11) is 1.65. The van der Waals surface area contributed by atoms with E-state index in [4.69, 9.17) is 10.5 Å². The average molecular weight is 302 g/mol. The van der Waals surface area contributed by atoms with E-state index in [2.05, 4.69) is 0 Å². The van der Waals surface area contributed by atoms with E-state index in [-0.39, 0.29) is 17.9 Å². The molecule has 2 heterocycles. The van der Waals surface area contributed by atoms with Crippen LogP contribution >= 0.6 is 11.3 Å². The third kappa shape index (κ3) is 2.80. The molecule has 2 aromatic rings. The zero-order chi connectivity index (χ0) is 14.8. The lowest BCUT2D eigenvalue weighted by molar-refractivity contribution is 0.0789. The van der Waals surface area contributed by atoms with Gasteiger partial charge in [-0.15, -0.1) is 0 Å². The molecule has 1 aromatic carbocycles. The molecular weight excluding hydrogens is 284 g/mol. The minimum Gasteiger partial charge on any atom is -0.497 e. The lowest BCUT2D eigenvalue weighted by atomic mass is 9.95. The predicted molar refractivity (Wildman–Crippen MR) is 83.9 cm³/mol. The zero-order valence-electron chi connectivity index (χ0n) is 11.9. The van der Waals surface area contributed by atoms with Crippen molar-refractivity contribution in [3.8, 4) is 5.75 Å². The molecule has 5 heteroatoms. The predicted octanol–water partition coefficient (Wildman–Crippen LogP) is 2.32. The molecule has 21 heavy (non-hydrogen) atoms. The third-order valence-corrected chi connectivity index (χ3v) is 4.65. The van der Waals surface area contributed by atoms with Crippen LogP contribution < -0.4 is 10.5 Å². The van der Waals surface area contributed by atoms with Crippen LogP contribution in [0.2, 0.25) is 0 Å². The van der Waals surface area contributed by atoms with Gasteiger partial charge >= 0.3 is 0 Å². The Kier molecular flexibility index (Phi) is 3.94. The van der Waals surface area contributed by atoms with Crippen LogP contribution in [-0.4, -0.2) is 37.0 Å². The number of nitrogens with zero attached hydrogens (tertiary/aromatic N) is 1. The highest BCUT2D eigenvalue weighted by Gasteiger charge is 2.34. The number of amides is 1. The fourth-order valence-corrected chi connectivity index (χ4v) is 3.40. The molecule has 1 saturated heterocycles. The van der Waals surface area contributed by atoms with E-state index >= 15 is 0 Å². The molecule has 2 N–H and O–H groups in total. The van der Waals surface area contributed by atoms with Gasteiger partial charge in [0.2, 0.25) is 0 Å². The second-order valence-electron chi connectivity index (χ2n) is 5.27. The van der Waals surface area contributed by atoms with Crippen LogP contribution in [0, 0.1) is 0 Å². The molecule has 2 atom stereocenters.